The van der Waals surface area contributed by atoms with Crippen molar-refractivity contribution in [3.05, 3.63) is 28.7 Å². The fraction of sp³-hybridized carbons (Fsp3) is 0.308. The van der Waals surface area contributed by atoms with Crippen LogP contribution in [0.4, 0.5) is 26.3 Å². The minimum Gasteiger partial charge on any atom is -0.462 e. The maximum absolute atomic E-state index is 13.2. The lowest BCUT2D eigenvalue weighted by Gasteiger charge is -2.13. The Morgan fingerprint density at radius 2 is 1.93 bits per heavy atom. The first-order valence-electron chi connectivity index (χ1n) is 6.84. The summed E-state index contributed by atoms with van der Waals surface area (Å²) in [6.07, 6.45) is -9.93. The first-order chi connectivity index (χ1) is 12.5. The van der Waals surface area contributed by atoms with Gasteiger partial charge in [-0.2, -0.15) is 36.6 Å². The zero-order valence-electron chi connectivity index (χ0n) is 13.1. The number of ether oxygens (including phenoxy) is 1. The highest BCUT2D eigenvalue weighted by Gasteiger charge is 2.39. The lowest BCUT2D eigenvalue weighted by molar-refractivity contribution is -0.145. The van der Waals surface area contributed by atoms with Crippen LogP contribution in [-0.2, 0) is 17.1 Å². The van der Waals surface area contributed by atoms with E-state index >= 15 is 0 Å². The first-order valence-corrected chi connectivity index (χ1v) is 7.66. The summed E-state index contributed by atoms with van der Waals surface area (Å²) in [5, 5.41) is 12.7. The van der Waals surface area contributed by atoms with Gasteiger partial charge in [-0.05, 0) is 24.8 Å². The largest absolute Gasteiger partial charge is 0.462 e. The van der Waals surface area contributed by atoms with Crippen LogP contribution in [0.5, 0.6) is 0 Å². The highest BCUT2D eigenvalue weighted by atomic mass is 32.2. The Hall–Kier alpha value is -2.82. The molecule has 0 saturated heterocycles. The Morgan fingerprint density at radius 1 is 1.26 bits per heavy atom. The van der Waals surface area contributed by atoms with Gasteiger partial charge in [0.1, 0.15) is 11.1 Å². The van der Waals surface area contributed by atoms with Crippen LogP contribution in [-0.4, -0.2) is 32.7 Å². The molecule has 0 fully saturated rings. The van der Waals surface area contributed by atoms with Crippen molar-refractivity contribution >= 4 is 17.7 Å². The molecule has 2 aromatic heterocycles. The van der Waals surface area contributed by atoms with E-state index in [0.29, 0.717) is 6.07 Å². The van der Waals surface area contributed by atoms with Crippen molar-refractivity contribution in [2.24, 2.45) is 0 Å². The van der Waals surface area contributed by atoms with E-state index in [2.05, 4.69) is 19.8 Å². The second-order valence-electron chi connectivity index (χ2n) is 4.63. The van der Waals surface area contributed by atoms with Gasteiger partial charge in [0.15, 0.2) is 5.69 Å². The predicted molar refractivity (Wildman–Crippen MR) is 75.4 cm³/mol. The van der Waals surface area contributed by atoms with Crippen LogP contribution in [0.15, 0.2) is 16.2 Å². The zero-order chi connectivity index (χ0) is 20.4. The van der Waals surface area contributed by atoms with Gasteiger partial charge in [0.2, 0.25) is 11.0 Å². The molecule has 1 N–H and O–H groups in total. The molecule has 2 aromatic rings. The van der Waals surface area contributed by atoms with Crippen LogP contribution in [0.1, 0.15) is 34.4 Å². The maximum atomic E-state index is 13.2. The number of alkyl halides is 6. The molecule has 7 nitrogen and oxygen atoms in total. The summed E-state index contributed by atoms with van der Waals surface area (Å²) in [4.78, 5) is 18.0. The number of hydrogen-bond acceptors (Lipinski definition) is 7. The van der Waals surface area contributed by atoms with E-state index in [1.165, 1.54) is 13.0 Å². The molecule has 144 valence electrons. The molecular formula is C13H7F6N5O2S. The Morgan fingerprint density at radius 3 is 2.41 bits per heavy atom. The van der Waals surface area contributed by atoms with E-state index in [9.17, 15) is 31.1 Å². The van der Waals surface area contributed by atoms with Crippen molar-refractivity contribution in [1.82, 2.24) is 20.2 Å². The minimum absolute atomic E-state index is 0.201. The van der Waals surface area contributed by atoms with Gasteiger partial charge in [0.25, 0.3) is 0 Å². The van der Waals surface area contributed by atoms with Crippen LogP contribution in [0.25, 0.3) is 0 Å². The molecule has 0 radical (unpaired) electrons. The number of carbonyl (C=O) groups excluding carboxylic acids is 1. The van der Waals surface area contributed by atoms with Gasteiger partial charge in [0, 0.05) is 0 Å². The quantitative estimate of drug-likeness (QED) is 0.607. The molecule has 0 unspecified atom stereocenters. The standard InChI is InChI=1S/C13H7F6N5O2S/c1-2-26-9(25)6-3-5(4-20)8(21-7(6)12(14,15)16)27-11-22-10(23-24-11)13(17,18)19/h3H,2H2,1H3,(H,22,23,24). The Kier molecular flexibility index (Phi) is 5.64. The molecule has 0 atom stereocenters. The molecule has 2 heterocycles. The van der Waals surface area contributed by atoms with Gasteiger partial charge >= 0.3 is 18.3 Å². The first kappa shape index (κ1) is 20.5. The van der Waals surface area contributed by atoms with Gasteiger partial charge in [-0.3, -0.25) is 5.10 Å². The summed E-state index contributed by atoms with van der Waals surface area (Å²) in [6, 6.07) is 2.13. The van der Waals surface area contributed by atoms with Gasteiger partial charge in [-0.15, -0.1) is 5.10 Å². The number of aromatic amines is 1. The number of esters is 1. The summed E-state index contributed by atoms with van der Waals surface area (Å²) in [5.41, 5.74) is -3.13. The highest BCUT2D eigenvalue weighted by molar-refractivity contribution is 7.99. The molecule has 0 saturated carbocycles. The number of nitrogens with zero attached hydrogens (tertiary/aromatic N) is 4. The van der Waals surface area contributed by atoms with Crippen molar-refractivity contribution < 1.29 is 35.9 Å². The topological polar surface area (TPSA) is 105 Å². The van der Waals surface area contributed by atoms with Gasteiger partial charge in [0.05, 0.1) is 17.7 Å². The van der Waals surface area contributed by atoms with Gasteiger partial charge < -0.3 is 4.74 Å². The molecule has 2 rings (SSSR count). The summed E-state index contributed by atoms with van der Waals surface area (Å²) in [5.74, 6) is -2.81. The number of halogens is 6. The number of H-pyrrole nitrogens is 1. The van der Waals surface area contributed by atoms with Crippen molar-refractivity contribution in [2.45, 2.75) is 29.5 Å². The Balaban J connectivity index is 2.52. The van der Waals surface area contributed by atoms with Crippen molar-refractivity contribution in [1.29, 1.82) is 5.26 Å². The number of aromatic nitrogens is 4. The second kappa shape index (κ2) is 7.43. The smallest absolute Gasteiger partial charge is 0.451 e. The number of nitriles is 1. The van der Waals surface area contributed by atoms with E-state index in [1.54, 1.807) is 5.10 Å². The highest BCUT2D eigenvalue weighted by Crippen LogP contribution is 2.36. The SMILES string of the molecule is CCOC(=O)c1cc(C#N)c(Sc2n[nH]c(C(F)(F)F)n2)nc1C(F)(F)F. The third kappa shape index (κ3) is 4.67. The number of rotatable bonds is 4. The van der Waals surface area contributed by atoms with E-state index in [0.717, 1.165) is 0 Å². The van der Waals surface area contributed by atoms with Crippen LogP contribution in [0, 0.1) is 11.3 Å². The second-order valence-corrected chi connectivity index (χ2v) is 5.59. The number of pyridine rings is 1. The van der Waals surface area contributed by atoms with E-state index in [-0.39, 0.29) is 18.4 Å². The van der Waals surface area contributed by atoms with Crippen LogP contribution in [0.3, 0.4) is 0 Å². The van der Waals surface area contributed by atoms with E-state index in [4.69, 9.17) is 5.26 Å². The van der Waals surface area contributed by atoms with Crippen LogP contribution >= 0.6 is 11.8 Å². The van der Waals surface area contributed by atoms with Crippen molar-refractivity contribution in [3.63, 3.8) is 0 Å². The summed E-state index contributed by atoms with van der Waals surface area (Å²) in [6.45, 7) is 1.15. The van der Waals surface area contributed by atoms with Crippen LogP contribution < -0.4 is 0 Å². The average molecular weight is 411 g/mol. The van der Waals surface area contributed by atoms with Crippen LogP contribution in [0.2, 0.25) is 0 Å². The van der Waals surface area contributed by atoms with Crippen molar-refractivity contribution in [2.75, 3.05) is 6.61 Å². The van der Waals surface area contributed by atoms with E-state index < -0.39 is 51.1 Å². The normalized spacial score (nSPS) is 11.9. The predicted octanol–water partition coefficient (Wildman–Crippen LogP) is 3.44. The number of hydrogen-bond donors (Lipinski definition) is 1. The summed E-state index contributed by atoms with van der Waals surface area (Å²) < 4.78 is 81.7. The summed E-state index contributed by atoms with van der Waals surface area (Å²) in [7, 11) is 0. The average Bonchev–Trinajstić information content (AvgIpc) is 3.02. The Bertz CT molecular complexity index is 902. The minimum atomic E-state index is -5.08. The molecular weight excluding hydrogens is 404 g/mol. The zero-order valence-corrected chi connectivity index (χ0v) is 13.9. The third-order valence-electron chi connectivity index (χ3n) is 2.79. The van der Waals surface area contributed by atoms with Gasteiger partial charge in [-0.1, -0.05) is 0 Å². The molecule has 0 amide bonds. The fourth-order valence-electron chi connectivity index (χ4n) is 1.74. The molecule has 0 aliphatic heterocycles. The lowest BCUT2D eigenvalue weighted by atomic mass is 10.1. The van der Waals surface area contributed by atoms with Crippen molar-refractivity contribution in [3.8, 4) is 6.07 Å². The third-order valence-corrected chi connectivity index (χ3v) is 3.66. The molecule has 0 aliphatic rings. The van der Waals surface area contributed by atoms with Gasteiger partial charge in [-0.25, -0.2) is 9.78 Å². The molecule has 14 heteroatoms. The molecule has 0 aromatic carbocycles. The molecule has 0 bridgehead atoms. The summed E-state index contributed by atoms with van der Waals surface area (Å²) >= 11 is 0.201. The molecule has 0 spiro atoms. The number of nitrogens with one attached hydrogen (secondary N) is 1. The lowest BCUT2D eigenvalue weighted by Crippen LogP contribution is -2.18. The number of carbonyl (C=O) groups is 1. The fourth-order valence-corrected chi connectivity index (χ4v) is 2.49. The maximum Gasteiger partial charge on any atom is 0.451 e. The molecule has 27 heavy (non-hydrogen) atoms. The van der Waals surface area contributed by atoms with E-state index in [1.807, 2.05) is 0 Å². The monoisotopic (exact) mass is 411 g/mol. The molecule has 0 aliphatic carbocycles. The Labute approximate surface area is 150 Å².